The van der Waals surface area contributed by atoms with Crippen LogP contribution >= 0.6 is 15.9 Å². The summed E-state index contributed by atoms with van der Waals surface area (Å²) >= 11 is 3.40. The van der Waals surface area contributed by atoms with Gasteiger partial charge in [-0.2, -0.15) is 0 Å². The van der Waals surface area contributed by atoms with Crippen molar-refractivity contribution in [2.75, 3.05) is 13.7 Å². The highest BCUT2D eigenvalue weighted by molar-refractivity contribution is 9.10. The van der Waals surface area contributed by atoms with Gasteiger partial charge in [0.1, 0.15) is 11.5 Å². The summed E-state index contributed by atoms with van der Waals surface area (Å²) in [5, 5.41) is 22.4. The van der Waals surface area contributed by atoms with E-state index in [1.165, 1.54) is 0 Å². The third-order valence-corrected chi connectivity index (χ3v) is 4.12. The number of benzene rings is 1. The van der Waals surface area contributed by atoms with E-state index in [0.717, 1.165) is 4.47 Å². The highest BCUT2D eigenvalue weighted by atomic mass is 79.9. The highest BCUT2D eigenvalue weighted by Gasteiger charge is 2.32. The molecule has 1 saturated heterocycles. The summed E-state index contributed by atoms with van der Waals surface area (Å²) in [5.74, 6) is -0.470. The average molecular weight is 330 g/mol. The van der Waals surface area contributed by atoms with Gasteiger partial charge in [-0.1, -0.05) is 0 Å². The molecule has 2 rings (SSSR count). The van der Waals surface area contributed by atoms with Crippen LogP contribution in [0.25, 0.3) is 0 Å². The molecule has 0 bridgehead atoms. The van der Waals surface area contributed by atoms with Gasteiger partial charge in [0.25, 0.3) is 0 Å². The van der Waals surface area contributed by atoms with Crippen molar-refractivity contribution in [2.45, 2.75) is 19.4 Å². The van der Waals surface area contributed by atoms with Crippen molar-refractivity contribution in [3.05, 3.63) is 21.7 Å². The molecular weight excluding hydrogens is 314 g/mol. The van der Waals surface area contributed by atoms with Crippen LogP contribution in [0.3, 0.4) is 0 Å². The minimum atomic E-state index is -0.807. The predicted octanol–water partition coefficient (Wildman–Crippen LogP) is 2.21. The molecule has 104 valence electrons. The van der Waals surface area contributed by atoms with Crippen molar-refractivity contribution in [1.82, 2.24) is 5.32 Å². The predicted molar refractivity (Wildman–Crippen MR) is 73.6 cm³/mol. The van der Waals surface area contributed by atoms with Crippen LogP contribution in [-0.2, 0) is 4.79 Å². The number of carboxylic acid groups (broad SMARTS) is 1. The Bertz CT molecular complexity index is 518. The second kappa shape index (κ2) is 5.38. The Balaban J connectivity index is 2.34. The Labute approximate surface area is 119 Å². The van der Waals surface area contributed by atoms with E-state index in [0.29, 0.717) is 29.8 Å². The molecule has 2 unspecified atom stereocenters. The van der Waals surface area contributed by atoms with E-state index in [1.807, 2.05) is 0 Å². The lowest BCUT2D eigenvalue weighted by Gasteiger charge is -2.17. The van der Waals surface area contributed by atoms with Gasteiger partial charge in [-0.25, -0.2) is 0 Å². The van der Waals surface area contributed by atoms with Crippen LogP contribution in [0.15, 0.2) is 10.5 Å². The van der Waals surface area contributed by atoms with Gasteiger partial charge in [-0.3, -0.25) is 4.79 Å². The van der Waals surface area contributed by atoms with Gasteiger partial charge in [0.2, 0.25) is 0 Å². The number of aromatic hydroxyl groups is 1. The number of aliphatic carboxylic acids is 1. The van der Waals surface area contributed by atoms with Gasteiger partial charge in [0, 0.05) is 23.7 Å². The summed E-state index contributed by atoms with van der Waals surface area (Å²) < 4.78 is 5.96. The lowest BCUT2D eigenvalue weighted by atomic mass is 9.97. The molecule has 0 spiro atoms. The first kappa shape index (κ1) is 14.1. The molecule has 1 fully saturated rings. The second-order valence-electron chi connectivity index (χ2n) is 4.69. The molecule has 1 heterocycles. The molecule has 1 aromatic carbocycles. The molecule has 0 aromatic heterocycles. The van der Waals surface area contributed by atoms with E-state index in [1.54, 1.807) is 20.1 Å². The Morgan fingerprint density at radius 2 is 2.26 bits per heavy atom. The molecule has 1 aliphatic rings. The number of carboxylic acids is 1. The number of methoxy groups -OCH3 is 1. The van der Waals surface area contributed by atoms with E-state index < -0.39 is 11.9 Å². The van der Waals surface area contributed by atoms with Crippen molar-refractivity contribution in [3.63, 3.8) is 0 Å². The minimum Gasteiger partial charge on any atom is -0.507 e. The number of phenolic OH excluding ortho intramolecular Hbond substituents is 1. The van der Waals surface area contributed by atoms with Gasteiger partial charge in [0.05, 0.1) is 17.5 Å². The standard InChI is InChI=1S/C13H16BrNO4/c1-6-11(16)8(4-9(14)12(6)19-2)10-3-7(5-15-10)13(17)18/h4,7,10,15-16H,3,5H2,1-2H3,(H,17,18). The molecule has 0 radical (unpaired) electrons. The second-order valence-corrected chi connectivity index (χ2v) is 5.54. The Morgan fingerprint density at radius 1 is 1.58 bits per heavy atom. The van der Waals surface area contributed by atoms with Crippen LogP contribution in [-0.4, -0.2) is 29.8 Å². The number of nitrogens with one attached hydrogen (secondary N) is 1. The molecule has 5 nitrogen and oxygen atoms in total. The maximum absolute atomic E-state index is 11.0. The van der Waals surface area contributed by atoms with Crippen molar-refractivity contribution >= 4 is 21.9 Å². The number of halogens is 1. The summed E-state index contributed by atoms with van der Waals surface area (Å²) in [7, 11) is 1.54. The van der Waals surface area contributed by atoms with E-state index in [4.69, 9.17) is 9.84 Å². The van der Waals surface area contributed by atoms with E-state index >= 15 is 0 Å². The number of carbonyl (C=O) groups is 1. The van der Waals surface area contributed by atoms with Gasteiger partial charge in [-0.15, -0.1) is 0 Å². The van der Waals surface area contributed by atoms with Crippen molar-refractivity contribution < 1.29 is 19.7 Å². The SMILES string of the molecule is COc1c(Br)cc(C2CC(C(=O)O)CN2)c(O)c1C. The average Bonchev–Trinajstić information content (AvgIpc) is 2.84. The quantitative estimate of drug-likeness (QED) is 0.792. The summed E-state index contributed by atoms with van der Waals surface area (Å²) in [4.78, 5) is 11.0. The Morgan fingerprint density at radius 3 is 2.79 bits per heavy atom. The Hall–Kier alpha value is -1.27. The fourth-order valence-electron chi connectivity index (χ4n) is 2.45. The van der Waals surface area contributed by atoms with Crippen LogP contribution in [0.5, 0.6) is 11.5 Å². The molecule has 3 N–H and O–H groups in total. The molecule has 6 heteroatoms. The minimum absolute atomic E-state index is 0.151. The maximum atomic E-state index is 11.0. The largest absolute Gasteiger partial charge is 0.507 e. The molecule has 0 aliphatic carbocycles. The number of hydrogen-bond donors (Lipinski definition) is 3. The van der Waals surface area contributed by atoms with Gasteiger partial charge >= 0.3 is 5.97 Å². The third-order valence-electron chi connectivity index (χ3n) is 3.53. The van der Waals surface area contributed by atoms with E-state index in [-0.39, 0.29) is 11.8 Å². The number of hydrogen-bond acceptors (Lipinski definition) is 4. The monoisotopic (exact) mass is 329 g/mol. The zero-order chi connectivity index (χ0) is 14.2. The number of rotatable bonds is 3. The van der Waals surface area contributed by atoms with Gasteiger partial charge in [0.15, 0.2) is 0 Å². The molecule has 19 heavy (non-hydrogen) atoms. The number of ether oxygens (including phenoxy) is 1. The molecule has 2 atom stereocenters. The molecular formula is C13H16BrNO4. The lowest BCUT2D eigenvalue weighted by molar-refractivity contribution is -0.141. The molecule has 0 saturated carbocycles. The Kier molecular flexibility index (Phi) is 4.01. The van der Waals surface area contributed by atoms with Crippen LogP contribution in [0.2, 0.25) is 0 Å². The zero-order valence-corrected chi connectivity index (χ0v) is 12.3. The van der Waals surface area contributed by atoms with E-state index in [2.05, 4.69) is 21.2 Å². The topological polar surface area (TPSA) is 78.8 Å². The first-order valence-corrected chi connectivity index (χ1v) is 6.77. The first-order valence-electron chi connectivity index (χ1n) is 5.97. The fraction of sp³-hybridized carbons (Fsp3) is 0.462. The van der Waals surface area contributed by atoms with Crippen LogP contribution in [0.4, 0.5) is 0 Å². The zero-order valence-electron chi connectivity index (χ0n) is 10.7. The molecule has 1 aliphatic heterocycles. The highest BCUT2D eigenvalue weighted by Crippen LogP contribution is 2.42. The first-order chi connectivity index (χ1) is 8.95. The summed E-state index contributed by atoms with van der Waals surface area (Å²) in [6.07, 6.45) is 0.473. The van der Waals surface area contributed by atoms with Crippen LogP contribution in [0, 0.1) is 12.8 Å². The lowest BCUT2D eigenvalue weighted by Crippen LogP contribution is -2.17. The van der Waals surface area contributed by atoms with Crippen LogP contribution in [0.1, 0.15) is 23.6 Å². The van der Waals surface area contributed by atoms with Crippen molar-refractivity contribution in [2.24, 2.45) is 5.92 Å². The fourth-order valence-corrected chi connectivity index (χ4v) is 3.16. The molecule has 0 amide bonds. The normalized spacial score (nSPS) is 22.5. The maximum Gasteiger partial charge on any atom is 0.307 e. The van der Waals surface area contributed by atoms with Crippen LogP contribution < -0.4 is 10.1 Å². The smallest absolute Gasteiger partial charge is 0.307 e. The molecule has 1 aromatic rings. The summed E-state index contributed by atoms with van der Waals surface area (Å²) in [6.45, 7) is 2.19. The summed E-state index contributed by atoms with van der Waals surface area (Å²) in [5.41, 5.74) is 1.35. The van der Waals surface area contributed by atoms with Gasteiger partial charge in [-0.05, 0) is 35.3 Å². The van der Waals surface area contributed by atoms with Crippen molar-refractivity contribution in [3.8, 4) is 11.5 Å². The number of phenols is 1. The summed E-state index contributed by atoms with van der Waals surface area (Å²) in [6, 6.07) is 1.63. The van der Waals surface area contributed by atoms with Crippen molar-refractivity contribution in [1.29, 1.82) is 0 Å². The third kappa shape index (κ3) is 2.55. The van der Waals surface area contributed by atoms with E-state index in [9.17, 15) is 9.90 Å². The van der Waals surface area contributed by atoms with Gasteiger partial charge < -0.3 is 20.3 Å².